The molecule has 0 spiro atoms. The van der Waals surface area contributed by atoms with Gasteiger partial charge < -0.3 is 11.1 Å². The Kier molecular flexibility index (Phi) is 6.42. The van der Waals surface area contributed by atoms with E-state index in [-0.39, 0.29) is 12.0 Å². The second-order valence-corrected chi connectivity index (χ2v) is 8.79. The normalized spacial score (nSPS) is 16.2. The number of anilines is 3. The Labute approximate surface area is 165 Å². The van der Waals surface area contributed by atoms with Gasteiger partial charge in [-0.1, -0.05) is 25.1 Å². The molecule has 0 aliphatic carbocycles. The summed E-state index contributed by atoms with van der Waals surface area (Å²) in [5.74, 6) is 1.20. The lowest BCUT2D eigenvalue weighted by atomic mass is 10.1. The molecule has 1 fully saturated rings. The molecule has 2 heterocycles. The Bertz CT molecular complexity index is 912. The molecule has 3 rings (SSSR count). The van der Waals surface area contributed by atoms with Crippen molar-refractivity contribution >= 4 is 27.6 Å². The summed E-state index contributed by atoms with van der Waals surface area (Å²) in [5, 5.41) is 3.24. The summed E-state index contributed by atoms with van der Waals surface area (Å²) in [6, 6.07) is 7.99. The molecule has 28 heavy (non-hydrogen) atoms. The highest BCUT2D eigenvalue weighted by Crippen LogP contribution is 2.20. The fourth-order valence-electron chi connectivity index (χ4n) is 3.35. The number of hydrogen-bond donors (Lipinski definition) is 3. The number of aromatic nitrogens is 3. The zero-order valence-electron chi connectivity index (χ0n) is 16.2. The molecule has 4 N–H and O–H groups in total. The van der Waals surface area contributed by atoms with Crippen LogP contribution < -0.4 is 15.8 Å². The van der Waals surface area contributed by atoms with E-state index in [2.05, 4.69) is 42.9 Å². The molecule has 10 heteroatoms. The van der Waals surface area contributed by atoms with Gasteiger partial charge in [0.2, 0.25) is 21.9 Å². The summed E-state index contributed by atoms with van der Waals surface area (Å²) in [6.07, 6.45) is 3.59. The molecule has 9 nitrogen and oxygen atoms in total. The van der Waals surface area contributed by atoms with Crippen LogP contribution in [-0.4, -0.2) is 53.7 Å². The minimum Gasteiger partial charge on any atom is -0.368 e. The number of piperidine rings is 1. The molecule has 0 atom stereocenters. The lowest BCUT2D eigenvalue weighted by Crippen LogP contribution is -2.44. The van der Waals surface area contributed by atoms with Crippen molar-refractivity contribution in [1.82, 2.24) is 24.6 Å². The summed E-state index contributed by atoms with van der Waals surface area (Å²) >= 11 is 0. The lowest BCUT2D eigenvalue weighted by Gasteiger charge is -2.31. The first-order valence-corrected chi connectivity index (χ1v) is 11.3. The number of likely N-dealkylation sites (tertiary alicyclic amines) is 1. The maximum absolute atomic E-state index is 11.4. The molecule has 1 aliphatic rings. The molecular weight excluding hydrogens is 378 g/mol. The van der Waals surface area contributed by atoms with Crippen LogP contribution in [0.1, 0.15) is 31.2 Å². The number of nitrogens with two attached hydrogens (primary N) is 1. The van der Waals surface area contributed by atoms with Crippen molar-refractivity contribution in [2.75, 3.05) is 30.4 Å². The van der Waals surface area contributed by atoms with E-state index < -0.39 is 10.0 Å². The molecular formula is C18H27N7O2S. The van der Waals surface area contributed by atoms with E-state index in [1.54, 1.807) is 0 Å². The summed E-state index contributed by atoms with van der Waals surface area (Å²) in [6.45, 7) is 4.17. The largest absolute Gasteiger partial charge is 0.368 e. The van der Waals surface area contributed by atoms with E-state index in [9.17, 15) is 8.42 Å². The zero-order valence-corrected chi connectivity index (χ0v) is 17.0. The van der Waals surface area contributed by atoms with Crippen molar-refractivity contribution in [2.45, 2.75) is 38.8 Å². The third-order valence-electron chi connectivity index (χ3n) is 4.68. The van der Waals surface area contributed by atoms with Gasteiger partial charge in [0.25, 0.3) is 0 Å². The van der Waals surface area contributed by atoms with Gasteiger partial charge in [-0.15, -0.1) is 0 Å². The summed E-state index contributed by atoms with van der Waals surface area (Å²) in [4.78, 5) is 15.2. The highest BCUT2D eigenvalue weighted by molar-refractivity contribution is 7.88. The first-order valence-electron chi connectivity index (χ1n) is 9.37. The van der Waals surface area contributed by atoms with Crippen LogP contribution in [0.3, 0.4) is 0 Å². The van der Waals surface area contributed by atoms with Gasteiger partial charge in [0.05, 0.1) is 12.8 Å². The summed E-state index contributed by atoms with van der Waals surface area (Å²) in [7, 11) is -3.17. The predicted molar refractivity (Wildman–Crippen MR) is 110 cm³/mol. The summed E-state index contributed by atoms with van der Waals surface area (Å²) < 4.78 is 25.4. The number of aryl methyl sites for hydroxylation is 1. The van der Waals surface area contributed by atoms with E-state index in [0.29, 0.717) is 18.3 Å². The van der Waals surface area contributed by atoms with E-state index in [1.807, 2.05) is 18.2 Å². The molecule has 1 aromatic heterocycles. The fraction of sp³-hybridized carbons (Fsp3) is 0.500. The van der Waals surface area contributed by atoms with Crippen LogP contribution in [0.25, 0.3) is 0 Å². The number of nitrogen functional groups attached to an aromatic ring is 1. The fourth-order valence-corrected chi connectivity index (χ4v) is 4.19. The molecule has 1 saturated heterocycles. The molecule has 1 aliphatic heterocycles. The average Bonchev–Trinajstić information content (AvgIpc) is 2.62. The maximum atomic E-state index is 11.4. The summed E-state index contributed by atoms with van der Waals surface area (Å²) in [5.41, 5.74) is 8.01. The van der Waals surface area contributed by atoms with Gasteiger partial charge in [0, 0.05) is 24.8 Å². The Morgan fingerprint density at radius 1 is 1.18 bits per heavy atom. The second kappa shape index (κ2) is 8.80. The molecule has 0 unspecified atom stereocenters. The third-order valence-corrected chi connectivity index (χ3v) is 5.44. The monoisotopic (exact) mass is 405 g/mol. The van der Waals surface area contributed by atoms with E-state index in [4.69, 9.17) is 5.73 Å². The first kappa shape index (κ1) is 20.4. The smallest absolute Gasteiger partial charge is 0.232 e. The Morgan fingerprint density at radius 2 is 1.89 bits per heavy atom. The molecule has 0 amide bonds. The molecule has 152 valence electrons. The minimum absolute atomic E-state index is 0.0162. The lowest BCUT2D eigenvalue weighted by molar-refractivity contribution is 0.196. The standard InChI is InChI=1S/C18H27N7O2S/c1-3-13-6-4-5-7-15(13)20-18-22-16(21-17(19)23-18)12-25-10-8-14(9-11-25)24-28(2,26)27/h4-7,14,24H,3,8-12H2,1-2H3,(H3,19,20,21,22,23). The van der Waals surface area contributed by atoms with Gasteiger partial charge in [0.1, 0.15) is 5.82 Å². The Hall–Kier alpha value is -2.30. The van der Waals surface area contributed by atoms with E-state index in [0.717, 1.165) is 38.0 Å². The molecule has 0 saturated carbocycles. The molecule has 0 radical (unpaired) electrons. The van der Waals surface area contributed by atoms with Crippen molar-refractivity contribution in [3.63, 3.8) is 0 Å². The molecule has 2 aromatic rings. The van der Waals surface area contributed by atoms with Gasteiger partial charge in [-0.2, -0.15) is 15.0 Å². The highest BCUT2D eigenvalue weighted by atomic mass is 32.2. The number of sulfonamides is 1. The van der Waals surface area contributed by atoms with Crippen LogP contribution in [0.2, 0.25) is 0 Å². The van der Waals surface area contributed by atoms with Crippen LogP contribution in [0.5, 0.6) is 0 Å². The van der Waals surface area contributed by atoms with Crippen molar-refractivity contribution in [3.05, 3.63) is 35.7 Å². The van der Waals surface area contributed by atoms with Crippen molar-refractivity contribution in [1.29, 1.82) is 0 Å². The van der Waals surface area contributed by atoms with Crippen molar-refractivity contribution in [3.8, 4) is 0 Å². The Morgan fingerprint density at radius 3 is 2.57 bits per heavy atom. The van der Waals surface area contributed by atoms with Gasteiger partial charge in [-0.25, -0.2) is 13.1 Å². The molecule has 0 bridgehead atoms. The minimum atomic E-state index is -3.17. The number of hydrogen-bond acceptors (Lipinski definition) is 8. The van der Waals surface area contributed by atoms with Crippen LogP contribution in [-0.2, 0) is 23.0 Å². The predicted octanol–water partition coefficient (Wildman–Crippen LogP) is 1.27. The van der Waals surface area contributed by atoms with Crippen LogP contribution in [0.15, 0.2) is 24.3 Å². The van der Waals surface area contributed by atoms with Crippen LogP contribution >= 0.6 is 0 Å². The second-order valence-electron chi connectivity index (χ2n) is 7.01. The number of rotatable bonds is 7. The van der Waals surface area contributed by atoms with E-state index >= 15 is 0 Å². The van der Waals surface area contributed by atoms with Crippen molar-refractivity contribution in [2.24, 2.45) is 0 Å². The quantitative estimate of drug-likeness (QED) is 0.629. The topological polar surface area (TPSA) is 126 Å². The maximum Gasteiger partial charge on any atom is 0.232 e. The number of nitrogens with zero attached hydrogens (tertiary/aromatic N) is 4. The third kappa shape index (κ3) is 5.85. The van der Waals surface area contributed by atoms with E-state index in [1.165, 1.54) is 11.8 Å². The Balaban J connectivity index is 1.64. The first-order chi connectivity index (χ1) is 13.3. The van der Waals surface area contributed by atoms with Crippen LogP contribution in [0, 0.1) is 0 Å². The SMILES string of the molecule is CCc1ccccc1Nc1nc(N)nc(CN2CCC(NS(C)(=O)=O)CC2)n1. The average molecular weight is 406 g/mol. The van der Waals surface area contributed by atoms with Crippen molar-refractivity contribution < 1.29 is 8.42 Å². The van der Waals surface area contributed by atoms with Gasteiger partial charge in [-0.05, 0) is 30.9 Å². The molecule has 1 aromatic carbocycles. The number of nitrogens with one attached hydrogen (secondary N) is 2. The number of para-hydroxylation sites is 1. The van der Waals surface area contributed by atoms with Gasteiger partial charge in [0.15, 0.2) is 0 Å². The highest BCUT2D eigenvalue weighted by Gasteiger charge is 2.22. The number of benzene rings is 1. The van der Waals surface area contributed by atoms with Crippen LogP contribution in [0.4, 0.5) is 17.6 Å². The van der Waals surface area contributed by atoms with Gasteiger partial charge >= 0.3 is 0 Å². The zero-order chi connectivity index (χ0) is 20.1. The van der Waals surface area contributed by atoms with Gasteiger partial charge in [-0.3, -0.25) is 4.90 Å².